The third-order valence-corrected chi connectivity index (χ3v) is 5.95. The number of imidazole rings is 1. The number of halogens is 1. The molecule has 0 fully saturated rings. The fourth-order valence-corrected chi connectivity index (χ4v) is 4.14. The second-order valence-corrected chi connectivity index (χ2v) is 8.89. The molecule has 0 saturated heterocycles. The van der Waals surface area contributed by atoms with Crippen molar-refractivity contribution in [3.05, 3.63) is 113 Å². The first-order valence-electron chi connectivity index (χ1n) is 11.3. The molecule has 0 spiro atoms. The molecule has 0 atom stereocenters. The minimum Gasteiger partial charge on any atom is -0.488 e. The number of pyridine rings is 1. The van der Waals surface area contributed by atoms with Gasteiger partial charge in [0.05, 0.1) is 17.2 Å². The number of fused-ring (bicyclic) bond motifs is 1. The number of rotatable bonds is 8. The number of ether oxygens (including phenoxy) is 1. The zero-order chi connectivity index (χ0) is 24.7. The number of hydrogen-bond acceptors (Lipinski definition) is 5. The molecule has 1 amide bonds. The van der Waals surface area contributed by atoms with Crippen molar-refractivity contribution in [2.45, 2.75) is 13.2 Å². The van der Waals surface area contributed by atoms with Gasteiger partial charge in [0.15, 0.2) is 5.82 Å². The van der Waals surface area contributed by atoms with Crippen molar-refractivity contribution in [1.82, 2.24) is 20.0 Å². The summed E-state index contributed by atoms with van der Waals surface area (Å²) < 4.78 is 8.71. The van der Waals surface area contributed by atoms with Gasteiger partial charge in [-0.05, 0) is 48.0 Å². The molecule has 36 heavy (non-hydrogen) atoms. The van der Waals surface area contributed by atoms with Crippen LogP contribution in [0.2, 0.25) is 0 Å². The van der Waals surface area contributed by atoms with E-state index in [1.165, 1.54) is 0 Å². The quantitative estimate of drug-likeness (QED) is 0.206. The lowest BCUT2D eigenvalue weighted by molar-refractivity contribution is -0.121. The van der Waals surface area contributed by atoms with Crippen LogP contribution in [0.25, 0.3) is 22.6 Å². The molecular formula is C28H22BrN5O2. The number of aromatic nitrogens is 3. The highest BCUT2D eigenvalue weighted by Crippen LogP contribution is 2.24. The highest BCUT2D eigenvalue weighted by molar-refractivity contribution is 9.10. The van der Waals surface area contributed by atoms with Gasteiger partial charge in [0.1, 0.15) is 24.6 Å². The molecule has 0 aliphatic rings. The number of para-hydroxylation sites is 2. The van der Waals surface area contributed by atoms with Crippen LogP contribution in [0.4, 0.5) is 0 Å². The van der Waals surface area contributed by atoms with Gasteiger partial charge in [-0.3, -0.25) is 9.78 Å². The second-order valence-electron chi connectivity index (χ2n) is 7.97. The topological polar surface area (TPSA) is 81.4 Å². The summed E-state index contributed by atoms with van der Waals surface area (Å²) in [6.07, 6.45) is 3.29. The first kappa shape index (κ1) is 23.4. The number of benzene rings is 3. The predicted octanol–water partition coefficient (Wildman–Crippen LogP) is 5.59. The van der Waals surface area contributed by atoms with E-state index in [1.54, 1.807) is 12.4 Å². The van der Waals surface area contributed by atoms with Crippen LogP contribution in [0.1, 0.15) is 11.1 Å². The first-order valence-corrected chi connectivity index (χ1v) is 12.1. The van der Waals surface area contributed by atoms with Crippen LogP contribution in [0.5, 0.6) is 5.75 Å². The van der Waals surface area contributed by atoms with E-state index in [9.17, 15) is 4.79 Å². The van der Waals surface area contributed by atoms with Gasteiger partial charge in [-0.15, -0.1) is 0 Å². The molecule has 0 unspecified atom stereocenters. The van der Waals surface area contributed by atoms with Gasteiger partial charge in [-0.1, -0.05) is 64.5 Å². The Bertz CT molecular complexity index is 1520. The van der Waals surface area contributed by atoms with E-state index in [2.05, 4.69) is 31.4 Å². The number of amides is 1. The summed E-state index contributed by atoms with van der Waals surface area (Å²) in [4.78, 5) is 22.0. The average Bonchev–Trinajstić information content (AvgIpc) is 3.27. The number of carbonyl (C=O) groups is 1. The average molecular weight is 540 g/mol. The van der Waals surface area contributed by atoms with Crippen LogP contribution in [-0.2, 0) is 17.9 Å². The Hall–Kier alpha value is -4.30. The van der Waals surface area contributed by atoms with Crippen molar-refractivity contribution in [2.24, 2.45) is 5.10 Å². The maximum Gasteiger partial charge on any atom is 0.260 e. The molecule has 1 N–H and O–H groups in total. The molecule has 2 aromatic heterocycles. The van der Waals surface area contributed by atoms with Gasteiger partial charge >= 0.3 is 0 Å². The minimum atomic E-state index is -0.284. The summed E-state index contributed by atoms with van der Waals surface area (Å²) >= 11 is 3.49. The Balaban J connectivity index is 1.32. The van der Waals surface area contributed by atoms with Crippen molar-refractivity contribution in [3.63, 3.8) is 0 Å². The zero-order valence-corrected chi connectivity index (χ0v) is 20.8. The molecule has 8 heteroatoms. The Morgan fingerprint density at radius 3 is 2.64 bits per heavy atom. The van der Waals surface area contributed by atoms with Crippen molar-refractivity contribution in [3.8, 4) is 17.3 Å². The lowest BCUT2D eigenvalue weighted by Crippen LogP contribution is -2.23. The maximum absolute atomic E-state index is 12.9. The van der Waals surface area contributed by atoms with E-state index in [0.717, 1.165) is 26.6 Å². The van der Waals surface area contributed by atoms with Crippen LogP contribution < -0.4 is 10.2 Å². The number of carbonyl (C=O) groups excluding carboxylic acids is 1. The number of nitrogens with zero attached hydrogens (tertiary/aromatic N) is 4. The number of hydrogen-bond donors (Lipinski definition) is 1. The molecule has 5 rings (SSSR count). The molecule has 0 saturated carbocycles. The Morgan fingerprint density at radius 1 is 1.00 bits per heavy atom. The van der Waals surface area contributed by atoms with Gasteiger partial charge in [-0.25, -0.2) is 10.4 Å². The smallest absolute Gasteiger partial charge is 0.260 e. The van der Waals surface area contributed by atoms with Crippen molar-refractivity contribution in [2.75, 3.05) is 0 Å². The maximum atomic E-state index is 12.9. The third-order valence-electron chi connectivity index (χ3n) is 5.45. The van der Waals surface area contributed by atoms with Crippen LogP contribution in [0.3, 0.4) is 0 Å². The van der Waals surface area contributed by atoms with Crippen LogP contribution in [0.15, 0.2) is 107 Å². The van der Waals surface area contributed by atoms with E-state index < -0.39 is 0 Å². The monoisotopic (exact) mass is 539 g/mol. The highest BCUT2D eigenvalue weighted by atomic mass is 79.9. The Morgan fingerprint density at radius 2 is 1.81 bits per heavy atom. The molecule has 0 bridgehead atoms. The van der Waals surface area contributed by atoms with Gasteiger partial charge in [0.2, 0.25) is 0 Å². The summed E-state index contributed by atoms with van der Waals surface area (Å²) in [5.74, 6) is 1.01. The van der Waals surface area contributed by atoms with E-state index in [-0.39, 0.29) is 12.5 Å². The molecule has 3 aromatic carbocycles. The second kappa shape index (κ2) is 11.0. The first-order chi connectivity index (χ1) is 17.7. The zero-order valence-electron chi connectivity index (χ0n) is 19.2. The molecule has 2 heterocycles. The van der Waals surface area contributed by atoms with E-state index >= 15 is 0 Å². The van der Waals surface area contributed by atoms with Gasteiger partial charge < -0.3 is 9.30 Å². The molecule has 0 aliphatic heterocycles. The summed E-state index contributed by atoms with van der Waals surface area (Å²) in [5.41, 5.74) is 6.76. The fraction of sp³-hybridized carbons (Fsp3) is 0.0714. The highest BCUT2D eigenvalue weighted by Gasteiger charge is 2.15. The summed E-state index contributed by atoms with van der Waals surface area (Å²) in [6.45, 7) is 0.472. The van der Waals surface area contributed by atoms with Gasteiger partial charge in [0.25, 0.3) is 5.91 Å². The number of nitrogens with one attached hydrogen (secondary N) is 1. The molecule has 7 nitrogen and oxygen atoms in total. The van der Waals surface area contributed by atoms with Gasteiger partial charge in [-0.2, -0.15) is 5.10 Å². The van der Waals surface area contributed by atoms with Crippen LogP contribution in [-0.4, -0.2) is 26.7 Å². The normalized spacial score (nSPS) is 11.1. The summed E-state index contributed by atoms with van der Waals surface area (Å²) in [7, 11) is 0. The molecule has 178 valence electrons. The van der Waals surface area contributed by atoms with Crippen molar-refractivity contribution >= 4 is 39.1 Å². The molecular weight excluding hydrogens is 518 g/mol. The summed E-state index contributed by atoms with van der Waals surface area (Å²) in [5, 5.41) is 4.19. The molecule has 0 aliphatic carbocycles. The van der Waals surface area contributed by atoms with E-state index in [0.29, 0.717) is 23.9 Å². The lowest BCUT2D eigenvalue weighted by atomic mass is 10.2. The Kier molecular flexibility index (Phi) is 7.14. The third kappa shape index (κ3) is 5.50. The summed E-state index contributed by atoms with van der Waals surface area (Å²) in [6, 6.07) is 28.9. The molecule has 5 aromatic rings. The van der Waals surface area contributed by atoms with E-state index in [4.69, 9.17) is 9.72 Å². The fourth-order valence-electron chi connectivity index (χ4n) is 3.77. The number of hydrazone groups is 1. The SMILES string of the molecule is O=C(Cn1c(-c2ccccn2)nc2ccccc21)N/N=C/c1cc(Br)ccc1OCc1ccccc1. The van der Waals surface area contributed by atoms with Crippen LogP contribution in [0, 0.1) is 0 Å². The van der Waals surface area contributed by atoms with E-state index in [1.807, 2.05) is 95.6 Å². The van der Waals surface area contributed by atoms with Crippen molar-refractivity contribution in [1.29, 1.82) is 0 Å². The largest absolute Gasteiger partial charge is 0.488 e. The Labute approximate surface area is 216 Å². The minimum absolute atomic E-state index is 0.0413. The predicted molar refractivity (Wildman–Crippen MR) is 144 cm³/mol. The van der Waals surface area contributed by atoms with Gasteiger partial charge in [0, 0.05) is 16.2 Å². The lowest BCUT2D eigenvalue weighted by Gasteiger charge is -2.10. The molecule has 0 radical (unpaired) electrons. The van der Waals surface area contributed by atoms with Crippen molar-refractivity contribution < 1.29 is 9.53 Å². The van der Waals surface area contributed by atoms with Crippen LogP contribution >= 0.6 is 15.9 Å². The standard InChI is InChI=1S/C28H22BrN5O2/c29-22-13-14-26(36-19-20-8-2-1-3-9-20)21(16-22)17-31-33-27(35)18-34-25-12-5-4-10-23(25)32-28(34)24-11-6-7-15-30-24/h1-17H,18-19H2,(H,33,35)/b31-17+.